The lowest BCUT2D eigenvalue weighted by atomic mass is 9.97. The van der Waals surface area contributed by atoms with Crippen molar-refractivity contribution in [2.45, 2.75) is 78.1 Å². The van der Waals surface area contributed by atoms with Crippen LogP contribution in [0.4, 0.5) is 0 Å². The fourth-order valence-corrected chi connectivity index (χ4v) is 5.26. The molecule has 0 spiro atoms. The van der Waals surface area contributed by atoms with Crippen LogP contribution in [0.15, 0.2) is 0 Å². The first-order valence-electron chi connectivity index (χ1n) is 14.0. The zero-order chi connectivity index (χ0) is 22.9. The van der Waals surface area contributed by atoms with Crippen LogP contribution in [0, 0.1) is 23.7 Å². The molecule has 3 saturated heterocycles. The molecule has 190 valence electrons. The van der Waals surface area contributed by atoms with Gasteiger partial charge in [0.2, 0.25) is 0 Å². The van der Waals surface area contributed by atoms with E-state index in [1.165, 1.54) is 103 Å². The highest BCUT2D eigenvalue weighted by atomic mass is 16.5. The molecule has 0 bridgehead atoms. The van der Waals surface area contributed by atoms with Gasteiger partial charge in [-0.15, -0.1) is 0 Å². The highest BCUT2D eigenvalue weighted by molar-refractivity contribution is 4.71. The van der Waals surface area contributed by atoms with Crippen LogP contribution in [-0.2, 0) is 9.47 Å². The summed E-state index contributed by atoms with van der Waals surface area (Å²) in [6.45, 7) is 15.8. The first kappa shape index (κ1) is 28.0. The second-order valence-electron chi connectivity index (χ2n) is 10.7. The summed E-state index contributed by atoms with van der Waals surface area (Å²) in [6, 6.07) is 0. The number of likely N-dealkylation sites (tertiary alicyclic amines) is 1. The Morgan fingerprint density at radius 1 is 0.688 bits per heavy atom. The number of nitrogens with one attached hydrogen (secondary N) is 2. The largest absolute Gasteiger partial charge is 0.381 e. The van der Waals surface area contributed by atoms with Gasteiger partial charge in [-0.2, -0.15) is 0 Å². The van der Waals surface area contributed by atoms with Crippen molar-refractivity contribution in [1.29, 1.82) is 0 Å². The zero-order valence-corrected chi connectivity index (χ0v) is 21.7. The molecule has 0 aromatic rings. The first-order valence-corrected chi connectivity index (χ1v) is 14.0. The first-order chi connectivity index (χ1) is 15.7. The molecule has 3 rings (SSSR count). The lowest BCUT2D eigenvalue weighted by molar-refractivity contribution is 0.0470. The Morgan fingerprint density at radius 3 is 1.59 bits per heavy atom. The molecule has 5 heteroatoms. The third-order valence-electron chi connectivity index (χ3n) is 7.56. The maximum absolute atomic E-state index is 5.96. The van der Waals surface area contributed by atoms with Crippen LogP contribution in [0.3, 0.4) is 0 Å². The van der Waals surface area contributed by atoms with Crippen LogP contribution in [0.2, 0.25) is 0 Å². The van der Waals surface area contributed by atoms with Gasteiger partial charge in [0.25, 0.3) is 0 Å². The normalized spacial score (nSPS) is 22.1. The fraction of sp³-hybridized carbons (Fsp3) is 1.00. The molecule has 0 atom stereocenters. The van der Waals surface area contributed by atoms with Crippen LogP contribution in [0.25, 0.3) is 0 Å². The number of piperidine rings is 3. The summed E-state index contributed by atoms with van der Waals surface area (Å²) in [6.07, 6.45) is 13.1. The molecular formula is C27H55N3O2. The van der Waals surface area contributed by atoms with Crippen molar-refractivity contribution in [2.75, 3.05) is 72.7 Å². The maximum atomic E-state index is 5.96. The Labute approximate surface area is 199 Å². The van der Waals surface area contributed by atoms with Crippen molar-refractivity contribution in [1.82, 2.24) is 15.5 Å². The zero-order valence-electron chi connectivity index (χ0n) is 21.7. The van der Waals surface area contributed by atoms with Gasteiger partial charge in [-0.3, -0.25) is 0 Å². The molecule has 0 unspecified atom stereocenters. The van der Waals surface area contributed by atoms with Gasteiger partial charge in [0.1, 0.15) is 0 Å². The minimum atomic E-state index is 0.802. The smallest absolute Gasteiger partial charge is 0.0495 e. The molecular weight excluding hydrogens is 398 g/mol. The predicted molar refractivity (Wildman–Crippen MR) is 136 cm³/mol. The summed E-state index contributed by atoms with van der Waals surface area (Å²) in [5.41, 5.74) is 0. The number of nitrogens with zero attached hydrogens (tertiary/aromatic N) is 1. The Balaban J connectivity index is 0.000000228. The molecule has 2 N–H and O–H groups in total. The van der Waals surface area contributed by atoms with E-state index >= 15 is 0 Å². The van der Waals surface area contributed by atoms with Crippen LogP contribution in [0.5, 0.6) is 0 Å². The van der Waals surface area contributed by atoms with Gasteiger partial charge in [-0.1, -0.05) is 26.7 Å². The van der Waals surface area contributed by atoms with Crippen LogP contribution in [0.1, 0.15) is 78.1 Å². The lowest BCUT2D eigenvalue weighted by Gasteiger charge is -2.29. The van der Waals surface area contributed by atoms with E-state index in [9.17, 15) is 0 Å². The van der Waals surface area contributed by atoms with E-state index in [0.717, 1.165) is 50.1 Å². The molecule has 3 aliphatic heterocycles. The molecule has 0 radical (unpaired) electrons. The van der Waals surface area contributed by atoms with E-state index in [1.807, 2.05) is 0 Å². The minimum absolute atomic E-state index is 0.802. The van der Waals surface area contributed by atoms with Crippen molar-refractivity contribution in [3.63, 3.8) is 0 Å². The minimum Gasteiger partial charge on any atom is -0.381 e. The average molecular weight is 454 g/mol. The highest BCUT2D eigenvalue weighted by Gasteiger charge is 2.18. The van der Waals surface area contributed by atoms with Gasteiger partial charge in [-0.25, -0.2) is 0 Å². The molecule has 3 heterocycles. The molecule has 32 heavy (non-hydrogen) atoms. The Morgan fingerprint density at radius 2 is 1.12 bits per heavy atom. The van der Waals surface area contributed by atoms with Crippen molar-refractivity contribution in [3.05, 3.63) is 0 Å². The summed E-state index contributed by atoms with van der Waals surface area (Å²) in [5.74, 6) is 3.24. The Kier molecular flexibility index (Phi) is 15.9. The van der Waals surface area contributed by atoms with E-state index in [1.54, 1.807) is 0 Å². The monoisotopic (exact) mass is 453 g/mol. The lowest BCUT2D eigenvalue weighted by Crippen LogP contribution is -2.32. The van der Waals surface area contributed by atoms with Crippen molar-refractivity contribution in [2.24, 2.45) is 23.7 Å². The second-order valence-corrected chi connectivity index (χ2v) is 10.7. The molecule has 5 nitrogen and oxygen atoms in total. The van der Waals surface area contributed by atoms with Gasteiger partial charge >= 0.3 is 0 Å². The third kappa shape index (κ3) is 12.9. The van der Waals surface area contributed by atoms with E-state index < -0.39 is 0 Å². The molecule has 3 fully saturated rings. The summed E-state index contributed by atoms with van der Waals surface area (Å²) < 4.78 is 11.8. The Bertz CT molecular complexity index is 393. The van der Waals surface area contributed by atoms with E-state index in [4.69, 9.17) is 9.47 Å². The van der Waals surface area contributed by atoms with E-state index in [0.29, 0.717) is 0 Å². The molecule has 0 aromatic carbocycles. The predicted octanol–water partition coefficient (Wildman–Crippen LogP) is 4.56. The number of hydrogen-bond donors (Lipinski definition) is 2. The number of ether oxygens (including phenoxy) is 2. The van der Waals surface area contributed by atoms with Gasteiger partial charge in [0.05, 0.1) is 0 Å². The molecule has 3 aliphatic rings. The van der Waals surface area contributed by atoms with Crippen LogP contribution >= 0.6 is 0 Å². The van der Waals surface area contributed by atoms with Gasteiger partial charge in [-0.05, 0) is 121 Å². The van der Waals surface area contributed by atoms with E-state index in [-0.39, 0.29) is 0 Å². The van der Waals surface area contributed by atoms with Crippen LogP contribution in [-0.4, -0.2) is 77.6 Å². The quantitative estimate of drug-likeness (QED) is 0.453. The van der Waals surface area contributed by atoms with Crippen molar-refractivity contribution < 1.29 is 9.47 Å². The highest BCUT2D eigenvalue weighted by Crippen LogP contribution is 2.19. The van der Waals surface area contributed by atoms with Gasteiger partial charge in [0.15, 0.2) is 0 Å². The number of hydrogen-bond acceptors (Lipinski definition) is 5. The molecule has 0 saturated carbocycles. The Hall–Kier alpha value is -0.200. The summed E-state index contributed by atoms with van der Waals surface area (Å²) >= 11 is 0. The third-order valence-corrected chi connectivity index (χ3v) is 7.56. The van der Waals surface area contributed by atoms with Crippen molar-refractivity contribution in [3.8, 4) is 0 Å². The molecule has 0 amide bonds. The van der Waals surface area contributed by atoms with Gasteiger partial charge < -0.3 is 25.0 Å². The fourth-order valence-electron chi connectivity index (χ4n) is 5.26. The van der Waals surface area contributed by atoms with Gasteiger partial charge in [0, 0.05) is 26.4 Å². The van der Waals surface area contributed by atoms with Crippen LogP contribution < -0.4 is 10.6 Å². The number of rotatable bonds is 12. The summed E-state index contributed by atoms with van der Waals surface area (Å²) in [4.78, 5) is 2.42. The summed E-state index contributed by atoms with van der Waals surface area (Å²) in [5, 5.41) is 6.78. The SMILES string of the molecule is C1CC(COCC2CCNCC2)CCN1.CCCC(CCC)COCC1CCN(C)CC1. The summed E-state index contributed by atoms with van der Waals surface area (Å²) in [7, 11) is 2.22. The standard InChI is InChI=1S/C15H31NO.C12H24N2O/c1-4-6-14(7-5-2)12-17-13-15-8-10-16(3)11-9-15;1-5-13-6-2-11(1)9-15-10-12-3-7-14-8-4-12/h14-15H,4-13H2,1-3H3;11-14H,1-10H2. The maximum Gasteiger partial charge on any atom is 0.0495 e. The van der Waals surface area contributed by atoms with E-state index in [2.05, 4.69) is 36.4 Å². The average Bonchev–Trinajstić information content (AvgIpc) is 2.82. The molecule has 0 aliphatic carbocycles. The molecule has 0 aromatic heterocycles. The van der Waals surface area contributed by atoms with Crippen molar-refractivity contribution >= 4 is 0 Å². The topological polar surface area (TPSA) is 45.8 Å². The second kappa shape index (κ2) is 18.2.